The Kier molecular flexibility index (Phi) is 2.75. The van der Waals surface area contributed by atoms with Crippen LogP contribution >= 0.6 is 0 Å². The molecule has 2 nitrogen and oxygen atoms in total. The highest BCUT2D eigenvalue weighted by molar-refractivity contribution is 5.93. The summed E-state index contributed by atoms with van der Waals surface area (Å²) in [5, 5.41) is 0. The number of hydrogen-bond acceptors (Lipinski definition) is 1. The number of allylic oxidation sites excluding steroid dienone is 1. The lowest BCUT2D eigenvalue weighted by molar-refractivity contribution is -0.687. The van der Waals surface area contributed by atoms with Gasteiger partial charge in [0.25, 0.3) is 0 Å². The number of carbonyl (C=O) groups excluding carboxylic acids is 1. The third-order valence-corrected chi connectivity index (χ3v) is 1.64. The summed E-state index contributed by atoms with van der Waals surface area (Å²) in [7, 11) is 0. The number of carbonyl (C=O) groups is 1. The van der Waals surface area contributed by atoms with Gasteiger partial charge in [0.15, 0.2) is 24.7 Å². The minimum atomic E-state index is 0.0979. The smallest absolute Gasteiger partial charge is 0.169 e. The highest BCUT2D eigenvalue weighted by atomic mass is 16.1. The maximum atomic E-state index is 10.9. The minimum Gasteiger partial charge on any atom is -0.295 e. The highest BCUT2D eigenvalue weighted by Gasteiger charge is 2.01. The molecule has 62 valence electrons. The molecular formula is C10H12NO+. The molecule has 0 fully saturated rings. The molecule has 0 unspecified atom stereocenters. The maximum absolute atomic E-state index is 10.9. The molecule has 1 aromatic rings. The van der Waals surface area contributed by atoms with E-state index in [-0.39, 0.29) is 5.78 Å². The Labute approximate surface area is 72.2 Å². The summed E-state index contributed by atoms with van der Waals surface area (Å²) < 4.78 is 1.96. The number of Topliss-reactive ketones (excluding diaryl/α,β-unsaturated/α-hetero) is 1. The van der Waals surface area contributed by atoms with Gasteiger partial charge in [-0.1, -0.05) is 6.58 Å². The van der Waals surface area contributed by atoms with Crippen LogP contribution in [0.1, 0.15) is 17.3 Å². The van der Waals surface area contributed by atoms with E-state index in [4.69, 9.17) is 0 Å². The third kappa shape index (κ3) is 2.02. The van der Waals surface area contributed by atoms with Gasteiger partial charge in [-0.2, -0.15) is 0 Å². The molecular weight excluding hydrogens is 150 g/mol. The first kappa shape index (κ1) is 8.65. The van der Waals surface area contributed by atoms with Gasteiger partial charge in [-0.25, -0.2) is 4.57 Å². The number of ketones is 1. The molecule has 0 atom stereocenters. The number of hydrogen-bond donors (Lipinski definition) is 0. The van der Waals surface area contributed by atoms with Crippen LogP contribution in [0.4, 0.5) is 0 Å². The summed E-state index contributed by atoms with van der Waals surface area (Å²) in [5.41, 5.74) is 0.746. The number of nitrogens with zero attached hydrogens (tertiary/aromatic N) is 1. The van der Waals surface area contributed by atoms with Crippen LogP contribution in [0.25, 0.3) is 0 Å². The normalized spacial score (nSPS) is 9.42. The van der Waals surface area contributed by atoms with E-state index in [1.807, 2.05) is 35.2 Å². The second kappa shape index (κ2) is 3.81. The number of aromatic nitrogens is 1. The van der Waals surface area contributed by atoms with Gasteiger partial charge in [-0.3, -0.25) is 4.79 Å². The summed E-state index contributed by atoms with van der Waals surface area (Å²) >= 11 is 0. The van der Waals surface area contributed by atoms with Crippen molar-refractivity contribution in [3.63, 3.8) is 0 Å². The average molecular weight is 162 g/mol. The summed E-state index contributed by atoms with van der Waals surface area (Å²) in [4.78, 5) is 10.9. The van der Waals surface area contributed by atoms with E-state index in [1.165, 1.54) is 0 Å². The fourth-order valence-electron chi connectivity index (χ4n) is 0.963. The van der Waals surface area contributed by atoms with Gasteiger partial charge < -0.3 is 0 Å². The fourth-order valence-corrected chi connectivity index (χ4v) is 0.963. The topological polar surface area (TPSA) is 20.9 Å². The first-order valence-electron chi connectivity index (χ1n) is 3.85. The average Bonchev–Trinajstić information content (AvgIpc) is 2.06. The van der Waals surface area contributed by atoms with E-state index in [0.29, 0.717) is 0 Å². The molecule has 0 radical (unpaired) electrons. The summed E-state index contributed by atoms with van der Waals surface area (Å²) in [6, 6.07) is 3.62. The van der Waals surface area contributed by atoms with Crippen LogP contribution in [0, 0.1) is 0 Å². The molecule has 0 amide bonds. The van der Waals surface area contributed by atoms with E-state index in [1.54, 1.807) is 6.92 Å². The zero-order chi connectivity index (χ0) is 8.97. The van der Waals surface area contributed by atoms with Crippen molar-refractivity contribution in [2.24, 2.45) is 0 Å². The number of rotatable bonds is 3. The first-order valence-corrected chi connectivity index (χ1v) is 3.85. The Morgan fingerprint density at radius 1 is 1.58 bits per heavy atom. The van der Waals surface area contributed by atoms with Crippen molar-refractivity contribution in [2.45, 2.75) is 13.5 Å². The van der Waals surface area contributed by atoms with Crippen molar-refractivity contribution < 1.29 is 9.36 Å². The third-order valence-electron chi connectivity index (χ3n) is 1.64. The monoisotopic (exact) mass is 162 g/mol. The largest absolute Gasteiger partial charge is 0.295 e. The van der Waals surface area contributed by atoms with Gasteiger partial charge in [0.05, 0.1) is 0 Å². The molecule has 1 rings (SSSR count). The van der Waals surface area contributed by atoms with Crippen molar-refractivity contribution in [3.8, 4) is 0 Å². The molecule has 0 spiro atoms. The van der Waals surface area contributed by atoms with Gasteiger partial charge in [0, 0.05) is 17.7 Å². The van der Waals surface area contributed by atoms with Crippen molar-refractivity contribution in [1.82, 2.24) is 0 Å². The second-order valence-electron chi connectivity index (χ2n) is 2.63. The van der Waals surface area contributed by atoms with Gasteiger partial charge in [-0.05, 0) is 13.0 Å². The van der Waals surface area contributed by atoms with Gasteiger partial charge in [0.1, 0.15) is 0 Å². The van der Waals surface area contributed by atoms with Crippen molar-refractivity contribution >= 4 is 5.78 Å². The SMILES string of the molecule is C=CC[n+]1ccc(C(C)=O)cc1. The zero-order valence-corrected chi connectivity index (χ0v) is 7.16. The van der Waals surface area contributed by atoms with E-state index >= 15 is 0 Å². The quantitative estimate of drug-likeness (QED) is 0.373. The Morgan fingerprint density at radius 2 is 2.17 bits per heavy atom. The Hall–Kier alpha value is -1.44. The second-order valence-corrected chi connectivity index (χ2v) is 2.63. The molecule has 0 aliphatic carbocycles. The van der Waals surface area contributed by atoms with Gasteiger partial charge >= 0.3 is 0 Å². The molecule has 2 heteroatoms. The standard InChI is InChI=1S/C10H12NO/c1-3-6-11-7-4-10(5-8-11)9(2)12/h3-5,7-8H,1,6H2,2H3/q+1. The van der Waals surface area contributed by atoms with Crippen LogP contribution in [0.2, 0.25) is 0 Å². The molecule has 0 aromatic carbocycles. The Morgan fingerprint density at radius 3 is 2.58 bits per heavy atom. The van der Waals surface area contributed by atoms with Crippen LogP contribution in [-0.4, -0.2) is 5.78 Å². The molecule has 12 heavy (non-hydrogen) atoms. The molecule has 0 aliphatic heterocycles. The molecule has 1 aromatic heterocycles. The molecule has 0 bridgehead atoms. The van der Waals surface area contributed by atoms with Crippen molar-refractivity contribution in [2.75, 3.05) is 0 Å². The van der Waals surface area contributed by atoms with Crippen LogP contribution in [-0.2, 0) is 6.54 Å². The zero-order valence-electron chi connectivity index (χ0n) is 7.16. The van der Waals surface area contributed by atoms with Crippen LogP contribution in [0.15, 0.2) is 37.2 Å². The molecule has 0 saturated heterocycles. The first-order chi connectivity index (χ1) is 5.74. The molecule has 0 saturated carbocycles. The lowest BCUT2D eigenvalue weighted by atomic mass is 10.2. The van der Waals surface area contributed by atoms with Gasteiger partial charge in [-0.15, -0.1) is 0 Å². The van der Waals surface area contributed by atoms with E-state index in [2.05, 4.69) is 6.58 Å². The van der Waals surface area contributed by atoms with Crippen molar-refractivity contribution in [1.29, 1.82) is 0 Å². The molecule has 0 N–H and O–H groups in total. The number of pyridine rings is 1. The van der Waals surface area contributed by atoms with Crippen LogP contribution in [0.5, 0.6) is 0 Å². The van der Waals surface area contributed by atoms with E-state index < -0.39 is 0 Å². The van der Waals surface area contributed by atoms with Crippen LogP contribution < -0.4 is 4.57 Å². The van der Waals surface area contributed by atoms with E-state index in [9.17, 15) is 4.79 Å². The maximum Gasteiger partial charge on any atom is 0.169 e. The summed E-state index contributed by atoms with van der Waals surface area (Å²) in [6.45, 7) is 5.96. The summed E-state index contributed by atoms with van der Waals surface area (Å²) in [6.07, 6.45) is 5.56. The van der Waals surface area contributed by atoms with Gasteiger partial charge in [0.2, 0.25) is 0 Å². The Bertz CT molecular complexity index is 287. The molecule has 1 heterocycles. The van der Waals surface area contributed by atoms with Crippen LogP contribution in [0.3, 0.4) is 0 Å². The predicted molar refractivity (Wildman–Crippen MR) is 46.8 cm³/mol. The minimum absolute atomic E-state index is 0.0979. The summed E-state index contributed by atoms with van der Waals surface area (Å²) in [5.74, 6) is 0.0979. The lowest BCUT2D eigenvalue weighted by Gasteiger charge is -1.93. The lowest BCUT2D eigenvalue weighted by Crippen LogP contribution is -2.31. The van der Waals surface area contributed by atoms with E-state index in [0.717, 1.165) is 12.1 Å². The predicted octanol–water partition coefficient (Wildman–Crippen LogP) is 1.36. The fraction of sp³-hybridized carbons (Fsp3) is 0.200. The van der Waals surface area contributed by atoms with Crippen molar-refractivity contribution in [3.05, 3.63) is 42.7 Å². The molecule has 0 aliphatic rings. The highest BCUT2D eigenvalue weighted by Crippen LogP contribution is 1.95. The Balaban J connectivity index is 2.85.